The molecule has 0 aromatic carbocycles. The first-order valence-corrected chi connectivity index (χ1v) is 6.04. The number of hydrogen-bond donors (Lipinski definition) is 0. The summed E-state index contributed by atoms with van der Waals surface area (Å²) in [7, 11) is 0. The Balaban J connectivity index is 5.36. The molecule has 0 spiro atoms. The lowest BCUT2D eigenvalue weighted by Gasteiger charge is -2.25. The first-order valence-electron chi connectivity index (χ1n) is 6.04. The van der Waals surface area contributed by atoms with Gasteiger partial charge in [0, 0.05) is 22.2 Å². The maximum atomic E-state index is 4.83. The predicted molar refractivity (Wildman–Crippen MR) is 74.9 cm³/mol. The van der Waals surface area contributed by atoms with Gasteiger partial charge in [0.2, 0.25) is 0 Å². The molecule has 0 N–H and O–H groups in total. The molecule has 0 heterocycles. The molecule has 16 heavy (non-hydrogen) atoms. The Hall–Kier alpha value is -0.850. The minimum absolute atomic E-state index is 0.0693. The van der Waals surface area contributed by atoms with Crippen LogP contribution < -0.4 is 0 Å². The fourth-order valence-corrected chi connectivity index (χ4v) is 1.49. The van der Waals surface area contributed by atoms with Crippen molar-refractivity contribution in [1.82, 2.24) is 0 Å². The second kappa shape index (κ2) is 5.47. The van der Waals surface area contributed by atoms with E-state index in [1.807, 2.05) is 12.2 Å². The van der Waals surface area contributed by atoms with Gasteiger partial charge in [-0.3, -0.25) is 4.99 Å². The maximum absolute atomic E-state index is 4.83. The Bertz CT molecular complexity index is 292. The normalized spacial score (nSPS) is 15.2. The first-order chi connectivity index (χ1) is 7.12. The van der Waals surface area contributed by atoms with Crippen molar-refractivity contribution in [2.75, 3.05) is 0 Å². The second-order valence-corrected chi connectivity index (χ2v) is 6.20. The summed E-state index contributed by atoms with van der Waals surface area (Å²) in [4.78, 5) is 4.83. The van der Waals surface area contributed by atoms with Gasteiger partial charge in [-0.15, -0.1) is 0 Å². The molecule has 0 aromatic rings. The zero-order valence-corrected chi connectivity index (χ0v) is 12.0. The summed E-state index contributed by atoms with van der Waals surface area (Å²) in [5, 5.41) is 0. The van der Waals surface area contributed by atoms with Crippen LogP contribution in [0, 0.1) is 10.8 Å². The van der Waals surface area contributed by atoms with E-state index in [1.54, 1.807) is 0 Å². The monoisotopic (exact) mass is 221 g/mol. The molecule has 0 aromatic heterocycles. The van der Waals surface area contributed by atoms with E-state index in [4.69, 9.17) is 4.99 Å². The van der Waals surface area contributed by atoms with Crippen molar-refractivity contribution < 1.29 is 0 Å². The highest BCUT2D eigenvalue weighted by molar-refractivity contribution is 5.89. The van der Waals surface area contributed by atoms with Crippen LogP contribution >= 0.6 is 0 Å². The molecule has 0 aliphatic rings. The maximum Gasteiger partial charge on any atom is 0.0456 e. The largest absolute Gasteiger partial charge is 0.261 e. The summed E-state index contributed by atoms with van der Waals surface area (Å²) in [5.41, 5.74) is 2.56. The van der Waals surface area contributed by atoms with E-state index in [1.165, 1.54) is 5.71 Å². The third kappa shape index (κ3) is 4.78. The molecule has 0 bridgehead atoms. The fraction of sp³-hybridized carbons (Fsp3) is 0.667. The standard InChI is InChI=1S/C15H27N/c1-9-11-13(15(6,7)8)16-12(10-2)14(3,4)5/h9,11H,1,10H2,2-8H3/b13-11-,16-12?. The van der Waals surface area contributed by atoms with Crippen molar-refractivity contribution in [3.63, 3.8) is 0 Å². The van der Waals surface area contributed by atoms with Crippen molar-refractivity contribution in [3.05, 3.63) is 24.4 Å². The predicted octanol–water partition coefficient (Wildman–Crippen LogP) is 5.00. The molecule has 0 atom stereocenters. The molecule has 1 heteroatoms. The van der Waals surface area contributed by atoms with E-state index in [2.05, 4.69) is 55.0 Å². The molecule has 92 valence electrons. The van der Waals surface area contributed by atoms with Crippen LogP contribution in [0.1, 0.15) is 54.9 Å². The van der Waals surface area contributed by atoms with E-state index in [0.717, 1.165) is 12.1 Å². The Labute approximate surface area is 101 Å². The van der Waals surface area contributed by atoms with Crippen LogP contribution in [-0.4, -0.2) is 5.71 Å². The van der Waals surface area contributed by atoms with Gasteiger partial charge in [0.1, 0.15) is 0 Å². The number of allylic oxidation sites excluding steroid dienone is 3. The van der Waals surface area contributed by atoms with Gasteiger partial charge in [0.05, 0.1) is 0 Å². The van der Waals surface area contributed by atoms with Gasteiger partial charge in [-0.25, -0.2) is 0 Å². The summed E-state index contributed by atoms with van der Waals surface area (Å²) in [6.45, 7) is 19.1. The number of rotatable bonds is 3. The van der Waals surface area contributed by atoms with Crippen molar-refractivity contribution in [3.8, 4) is 0 Å². The molecule has 0 unspecified atom stereocenters. The first kappa shape index (κ1) is 15.2. The van der Waals surface area contributed by atoms with E-state index in [0.29, 0.717) is 0 Å². The number of hydrogen-bond acceptors (Lipinski definition) is 1. The van der Waals surface area contributed by atoms with Crippen molar-refractivity contribution >= 4 is 5.71 Å². The van der Waals surface area contributed by atoms with Gasteiger partial charge >= 0.3 is 0 Å². The summed E-state index contributed by atoms with van der Waals surface area (Å²) in [6, 6.07) is 0. The van der Waals surface area contributed by atoms with Crippen LogP contribution in [-0.2, 0) is 0 Å². The molecule has 0 radical (unpaired) electrons. The molecule has 0 rings (SSSR count). The molecular weight excluding hydrogens is 194 g/mol. The molecule has 0 saturated carbocycles. The summed E-state index contributed by atoms with van der Waals surface area (Å²) in [5.74, 6) is 0. The van der Waals surface area contributed by atoms with Crippen LogP contribution in [0.25, 0.3) is 0 Å². The minimum Gasteiger partial charge on any atom is -0.261 e. The van der Waals surface area contributed by atoms with Crippen molar-refractivity contribution in [2.24, 2.45) is 15.8 Å². The van der Waals surface area contributed by atoms with Crippen LogP contribution in [0.4, 0.5) is 0 Å². The Morgan fingerprint density at radius 3 is 1.81 bits per heavy atom. The molecule has 0 saturated heterocycles. The van der Waals surface area contributed by atoms with E-state index in [9.17, 15) is 0 Å². The summed E-state index contributed by atoms with van der Waals surface area (Å²) in [6.07, 6.45) is 4.83. The lowest BCUT2D eigenvalue weighted by atomic mass is 9.86. The van der Waals surface area contributed by atoms with E-state index in [-0.39, 0.29) is 10.8 Å². The van der Waals surface area contributed by atoms with Crippen LogP contribution in [0.2, 0.25) is 0 Å². The summed E-state index contributed by atoms with van der Waals surface area (Å²) < 4.78 is 0. The van der Waals surface area contributed by atoms with Crippen LogP contribution in [0.5, 0.6) is 0 Å². The Morgan fingerprint density at radius 1 is 1.06 bits per heavy atom. The average Bonchev–Trinajstić information content (AvgIpc) is 2.07. The minimum atomic E-state index is 0.0693. The Morgan fingerprint density at radius 2 is 1.56 bits per heavy atom. The van der Waals surface area contributed by atoms with Gasteiger partial charge in [0.25, 0.3) is 0 Å². The molecule has 1 nitrogen and oxygen atoms in total. The van der Waals surface area contributed by atoms with Gasteiger partial charge < -0.3 is 0 Å². The molecule has 0 aliphatic heterocycles. The van der Waals surface area contributed by atoms with Gasteiger partial charge in [-0.2, -0.15) is 0 Å². The topological polar surface area (TPSA) is 12.4 Å². The lowest BCUT2D eigenvalue weighted by Crippen LogP contribution is -2.21. The van der Waals surface area contributed by atoms with Crippen molar-refractivity contribution in [2.45, 2.75) is 54.9 Å². The fourth-order valence-electron chi connectivity index (χ4n) is 1.49. The van der Waals surface area contributed by atoms with Crippen LogP contribution in [0.15, 0.2) is 29.4 Å². The molecule has 0 aliphatic carbocycles. The van der Waals surface area contributed by atoms with Gasteiger partial charge in [-0.05, 0) is 12.5 Å². The number of aliphatic imine (C=N–C) groups is 1. The molecule has 0 fully saturated rings. The lowest BCUT2D eigenvalue weighted by molar-refractivity contribution is 0.493. The van der Waals surface area contributed by atoms with E-state index < -0.39 is 0 Å². The van der Waals surface area contributed by atoms with Gasteiger partial charge in [-0.1, -0.05) is 61.1 Å². The summed E-state index contributed by atoms with van der Waals surface area (Å²) >= 11 is 0. The van der Waals surface area contributed by atoms with Crippen molar-refractivity contribution in [1.29, 1.82) is 0 Å². The average molecular weight is 221 g/mol. The smallest absolute Gasteiger partial charge is 0.0456 e. The highest BCUT2D eigenvalue weighted by Gasteiger charge is 2.21. The zero-order chi connectivity index (χ0) is 13.0. The Kier molecular flexibility index (Phi) is 5.18. The molecular formula is C15H27N. The third-order valence-electron chi connectivity index (χ3n) is 2.50. The quantitative estimate of drug-likeness (QED) is 0.470. The second-order valence-electron chi connectivity index (χ2n) is 6.20. The highest BCUT2D eigenvalue weighted by Crippen LogP contribution is 2.29. The SMILES string of the molecule is C=C/C=C(\N=C(CC)C(C)(C)C)C(C)(C)C. The third-order valence-corrected chi connectivity index (χ3v) is 2.50. The highest BCUT2D eigenvalue weighted by atomic mass is 14.8. The zero-order valence-electron chi connectivity index (χ0n) is 12.0. The molecule has 0 amide bonds. The number of nitrogens with zero attached hydrogens (tertiary/aromatic N) is 1. The van der Waals surface area contributed by atoms with E-state index >= 15 is 0 Å². The van der Waals surface area contributed by atoms with Gasteiger partial charge in [0.15, 0.2) is 0 Å². The van der Waals surface area contributed by atoms with Crippen LogP contribution in [0.3, 0.4) is 0 Å².